The number of ether oxygens (including phenoxy) is 1. The van der Waals surface area contributed by atoms with Gasteiger partial charge in [0.25, 0.3) is 0 Å². The van der Waals surface area contributed by atoms with Gasteiger partial charge < -0.3 is 4.74 Å². The molecule has 0 unspecified atom stereocenters. The summed E-state index contributed by atoms with van der Waals surface area (Å²) in [6, 6.07) is 21.4. The highest BCUT2D eigenvalue weighted by atomic mass is 19.4. The molecule has 2 aromatic heterocycles. The largest absolute Gasteiger partial charge is 0.497 e. The number of halogens is 3. The Morgan fingerprint density at radius 3 is 2.17 bits per heavy atom. The number of benzene rings is 3. The van der Waals surface area contributed by atoms with Crippen molar-refractivity contribution in [3.8, 4) is 16.9 Å². The van der Waals surface area contributed by atoms with Crippen LogP contribution in [0.4, 0.5) is 13.2 Å². The molecule has 0 fully saturated rings. The Kier molecular flexibility index (Phi) is 3.77. The number of hydrogen-bond acceptors (Lipinski definition) is 2. The van der Waals surface area contributed by atoms with Crippen LogP contribution in [-0.2, 0) is 6.18 Å². The maximum atomic E-state index is 14.0. The molecule has 0 aliphatic carbocycles. The fraction of sp³-hybridized carbons (Fsp3) is 0.0870. The van der Waals surface area contributed by atoms with Gasteiger partial charge in [0.15, 0.2) is 0 Å². The van der Waals surface area contributed by atoms with Crippen molar-refractivity contribution in [1.29, 1.82) is 0 Å². The van der Waals surface area contributed by atoms with E-state index in [1.54, 1.807) is 31.4 Å². The van der Waals surface area contributed by atoms with Crippen LogP contribution in [0, 0.1) is 0 Å². The normalized spacial score (nSPS) is 12.1. The van der Waals surface area contributed by atoms with Crippen molar-refractivity contribution in [2.75, 3.05) is 7.11 Å². The predicted molar refractivity (Wildman–Crippen MR) is 107 cm³/mol. The standard InChI is InChI=1S/C23H15F3N2O/c1-29-15-12-10-14(11-13-15)20-17-7-3-5-9-19(17)28-21(20)16-6-2-4-8-18(16)27-22(28)23(24,25)26/h2-13H,1H3. The molecule has 0 amide bonds. The van der Waals surface area contributed by atoms with E-state index >= 15 is 0 Å². The quantitative estimate of drug-likeness (QED) is 0.351. The molecule has 3 aromatic carbocycles. The van der Waals surface area contributed by atoms with E-state index in [2.05, 4.69) is 4.98 Å². The molecular formula is C23H15F3N2O. The molecule has 0 radical (unpaired) electrons. The molecule has 29 heavy (non-hydrogen) atoms. The highest BCUT2D eigenvalue weighted by Crippen LogP contribution is 2.42. The molecule has 5 rings (SSSR count). The molecule has 144 valence electrons. The number of para-hydroxylation sites is 2. The van der Waals surface area contributed by atoms with Gasteiger partial charge in [0.1, 0.15) is 5.75 Å². The van der Waals surface area contributed by atoms with Crippen molar-refractivity contribution in [3.63, 3.8) is 0 Å². The summed E-state index contributed by atoms with van der Waals surface area (Å²) in [5.74, 6) is -0.244. The van der Waals surface area contributed by atoms with Gasteiger partial charge in [0.05, 0.1) is 23.7 Å². The molecule has 0 aliphatic rings. The SMILES string of the molecule is COc1ccc(-c2c3ccccc3n3c(C(F)(F)F)nc4ccccc4c23)cc1. The topological polar surface area (TPSA) is 26.5 Å². The summed E-state index contributed by atoms with van der Waals surface area (Å²) in [5.41, 5.74) is 2.83. The van der Waals surface area contributed by atoms with E-state index in [1.807, 2.05) is 48.5 Å². The average Bonchev–Trinajstić information content (AvgIpc) is 3.08. The molecule has 0 spiro atoms. The molecule has 0 bridgehead atoms. The van der Waals surface area contributed by atoms with Crippen LogP contribution in [0.5, 0.6) is 5.75 Å². The fourth-order valence-corrected chi connectivity index (χ4v) is 3.89. The van der Waals surface area contributed by atoms with E-state index in [0.29, 0.717) is 27.7 Å². The zero-order chi connectivity index (χ0) is 20.2. The Hall–Kier alpha value is -3.54. The number of alkyl halides is 3. The molecule has 0 saturated carbocycles. The zero-order valence-corrected chi connectivity index (χ0v) is 15.4. The third-order valence-corrected chi connectivity index (χ3v) is 5.10. The van der Waals surface area contributed by atoms with Crippen LogP contribution >= 0.6 is 0 Å². The Morgan fingerprint density at radius 1 is 0.828 bits per heavy atom. The van der Waals surface area contributed by atoms with Crippen molar-refractivity contribution >= 4 is 27.3 Å². The predicted octanol–water partition coefficient (Wildman–Crippen LogP) is 6.34. The first-order valence-electron chi connectivity index (χ1n) is 9.02. The summed E-state index contributed by atoms with van der Waals surface area (Å²) in [6.45, 7) is 0. The molecule has 6 heteroatoms. The summed E-state index contributed by atoms with van der Waals surface area (Å²) in [4.78, 5) is 3.98. The molecule has 3 nitrogen and oxygen atoms in total. The minimum atomic E-state index is -4.60. The smallest absolute Gasteiger partial charge is 0.450 e. The third kappa shape index (κ3) is 2.63. The average molecular weight is 392 g/mol. The Bertz CT molecular complexity index is 1370. The minimum Gasteiger partial charge on any atom is -0.497 e. The van der Waals surface area contributed by atoms with Crippen molar-refractivity contribution in [3.05, 3.63) is 78.6 Å². The lowest BCUT2D eigenvalue weighted by Crippen LogP contribution is -2.14. The molecule has 0 saturated heterocycles. The Balaban J connectivity index is 2.04. The van der Waals surface area contributed by atoms with Crippen molar-refractivity contribution < 1.29 is 17.9 Å². The van der Waals surface area contributed by atoms with E-state index in [1.165, 1.54) is 4.40 Å². The lowest BCUT2D eigenvalue weighted by atomic mass is 10.0. The first-order valence-corrected chi connectivity index (χ1v) is 9.02. The number of methoxy groups -OCH3 is 1. The van der Waals surface area contributed by atoms with Crippen LogP contribution in [-0.4, -0.2) is 16.5 Å². The molecule has 5 aromatic rings. The van der Waals surface area contributed by atoms with Crippen molar-refractivity contribution in [1.82, 2.24) is 9.38 Å². The van der Waals surface area contributed by atoms with Crippen LogP contribution in [0.15, 0.2) is 72.8 Å². The molecule has 2 heterocycles. The number of fused-ring (bicyclic) bond motifs is 5. The summed E-state index contributed by atoms with van der Waals surface area (Å²) in [6.07, 6.45) is -4.60. The minimum absolute atomic E-state index is 0.310. The van der Waals surface area contributed by atoms with Gasteiger partial charge in [0.2, 0.25) is 5.82 Å². The molecular weight excluding hydrogens is 377 g/mol. The van der Waals surface area contributed by atoms with Gasteiger partial charge in [-0.15, -0.1) is 0 Å². The second-order valence-electron chi connectivity index (χ2n) is 6.75. The van der Waals surface area contributed by atoms with Gasteiger partial charge in [-0.3, -0.25) is 4.40 Å². The van der Waals surface area contributed by atoms with E-state index < -0.39 is 12.0 Å². The van der Waals surface area contributed by atoms with Crippen LogP contribution in [0.1, 0.15) is 5.82 Å². The summed E-state index contributed by atoms with van der Waals surface area (Å²) in [5, 5.41) is 1.41. The lowest BCUT2D eigenvalue weighted by Gasteiger charge is -2.13. The molecule has 0 aliphatic heterocycles. The maximum Gasteiger partial charge on any atom is 0.450 e. The van der Waals surface area contributed by atoms with Crippen LogP contribution < -0.4 is 4.74 Å². The first-order chi connectivity index (χ1) is 14.0. The summed E-state index contributed by atoms with van der Waals surface area (Å²) >= 11 is 0. The van der Waals surface area contributed by atoms with Crippen LogP contribution in [0.2, 0.25) is 0 Å². The van der Waals surface area contributed by atoms with E-state index in [-0.39, 0.29) is 0 Å². The van der Waals surface area contributed by atoms with Gasteiger partial charge in [-0.05, 0) is 29.8 Å². The second-order valence-corrected chi connectivity index (χ2v) is 6.75. The highest BCUT2D eigenvalue weighted by molar-refractivity contribution is 6.14. The van der Waals surface area contributed by atoms with Gasteiger partial charge >= 0.3 is 6.18 Å². The second kappa shape index (κ2) is 6.24. The molecule has 0 N–H and O–H groups in total. The van der Waals surface area contributed by atoms with E-state index in [4.69, 9.17) is 4.74 Å². The van der Waals surface area contributed by atoms with Crippen molar-refractivity contribution in [2.45, 2.75) is 6.18 Å². The third-order valence-electron chi connectivity index (χ3n) is 5.10. The number of nitrogens with zero attached hydrogens (tertiary/aromatic N) is 2. The van der Waals surface area contributed by atoms with Gasteiger partial charge in [0, 0.05) is 16.3 Å². The molecule has 0 atom stereocenters. The lowest BCUT2D eigenvalue weighted by molar-refractivity contribution is -0.145. The van der Waals surface area contributed by atoms with Crippen molar-refractivity contribution in [2.24, 2.45) is 0 Å². The summed E-state index contributed by atoms with van der Waals surface area (Å²) in [7, 11) is 1.58. The number of hydrogen-bond donors (Lipinski definition) is 0. The van der Waals surface area contributed by atoms with E-state index in [9.17, 15) is 13.2 Å². The first kappa shape index (κ1) is 17.6. The Labute approximate surface area is 164 Å². The van der Waals surface area contributed by atoms with Crippen LogP contribution in [0.25, 0.3) is 38.4 Å². The van der Waals surface area contributed by atoms with Gasteiger partial charge in [-0.2, -0.15) is 13.2 Å². The van der Waals surface area contributed by atoms with Gasteiger partial charge in [-0.1, -0.05) is 48.5 Å². The van der Waals surface area contributed by atoms with E-state index in [0.717, 1.165) is 16.5 Å². The highest BCUT2D eigenvalue weighted by Gasteiger charge is 2.37. The van der Waals surface area contributed by atoms with Gasteiger partial charge in [-0.25, -0.2) is 4.98 Å². The number of aromatic nitrogens is 2. The fourth-order valence-electron chi connectivity index (χ4n) is 3.89. The van der Waals surface area contributed by atoms with Crippen LogP contribution in [0.3, 0.4) is 0 Å². The zero-order valence-electron chi connectivity index (χ0n) is 15.4. The maximum absolute atomic E-state index is 14.0. The number of rotatable bonds is 2. The summed E-state index contributed by atoms with van der Waals surface area (Å²) < 4.78 is 48.4. The monoisotopic (exact) mass is 392 g/mol. The Morgan fingerprint density at radius 2 is 1.48 bits per heavy atom.